The highest BCUT2D eigenvalue weighted by molar-refractivity contribution is 5.80. The van der Waals surface area contributed by atoms with Crippen molar-refractivity contribution in [2.45, 2.75) is 31.7 Å². The fourth-order valence-corrected chi connectivity index (χ4v) is 2.87. The van der Waals surface area contributed by atoms with Crippen molar-refractivity contribution < 1.29 is 13.9 Å². The topological polar surface area (TPSA) is 79.1 Å². The van der Waals surface area contributed by atoms with Gasteiger partial charge in [-0.15, -0.1) is 6.58 Å². The molecule has 2 N–H and O–H groups in total. The highest BCUT2D eigenvalue weighted by Gasteiger charge is 2.23. The molecule has 1 saturated heterocycles. The molecule has 7 heteroatoms. The summed E-state index contributed by atoms with van der Waals surface area (Å²) in [6.07, 6.45) is 6.52. The fraction of sp³-hybridized carbons (Fsp3) is 0.579. The van der Waals surface area contributed by atoms with E-state index in [0.29, 0.717) is 32.2 Å². The zero-order valence-electron chi connectivity index (χ0n) is 15.6. The van der Waals surface area contributed by atoms with Crippen LogP contribution in [0.5, 0.6) is 0 Å². The first kappa shape index (κ1) is 20.0. The number of carbonyl (C=O) groups is 1. The van der Waals surface area contributed by atoms with Gasteiger partial charge in [0.2, 0.25) is 5.91 Å². The summed E-state index contributed by atoms with van der Waals surface area (Å²) in [5.41, 5.74) is 0. The molecule has 1 aromatic rings. The molecular formula is C19H30N4O3. The first-order valence-electron chi connectivity index (χ1n) is 9.17. The van der Waals surface area contributed by atoms with Gasteiger partial charge in [0, 0.05) is 45.8 Å². The van der Waals surface area contributed by atoms with Gasteiger partial charge in [0.1, 0.15) is 5.76 Å². The van der Waals surface area contributed by atoms with Crippen LogP contribution in [0.1, 0.15) is 25.0 Å². The first-order chi connectivity index (χ1) is 12.7. The summed E-state index contributed by atoms with van der Waals surface area (Å²) in [6.45, 7) is 7.05. The molecule has 7 nitrogen and oxygen atoms in total. The van der Waals surface area contributed by atoms with Crippen molar-refractivity contribution in [3.63, 3.8) is 0 Å². The van der Waals surface area contributed by atoms with Crippen molar-refractivity contribution in [3.8, 4) is 0 Å². The number of piperidine rings is 1. The Morgan fingerprint density at radius 3 is 2.96 bits per heavy atom. The van der Waals surface area contributed by atoms with E-state index in [0.717, 1.165) is 44.1 Å². The Balaban J connectivity index is 1.78. The highest BCUT2D eigenvalue weighted by atomic mass is 16.5. The summed E-state index contributed by atoms with van der Waals surface area (Å²) in [5.74, 6) is 1.88. The molecule has 1 aliphatic heterocycles. The predicted octanol–water partition coefficient (Wildman–Crippen LogP) is 1.57. The van der Waals surface area contributed by atoms with Crippen molar-refractivity contribution in [1.82, 2.24) is 15.5 Å². The number of carbonyl (C=O) groups excluding carboxylic acids is 1. The lowest BCUT2D eigenvalue weighted by atomic mass is 10.0. The molecule has 0 saturated carbocycles. The summed E-state index contributed by atoms with van der Waals surface area (Å²) in [6, 6.07) is 4.15. The fourth-order valence-electron chi connectivity index (χ4n) is 2.87. The summed E-state index contributed by atoms with van der Waals surface area (Å²) in [7, 11) is 1.62. The number of nitrogens with one attached hydrogen (secondary N) is 2. The SMILES string of the molecule is C=CCNC(=NCCc1ccco1)NC1CCN(C(=O)CCOC)CC1. The van der Waals surface area contributed by atoms with Gasteiger partial charge in [-0.1, -0.05) is 6.08 Å². The van der Waals surface area contributed by atoms with Gasteiger partial charge in [-0.2, -0.15) is 0 Å². The maximum atomic E-state index is 12.1. The standard InChI is InChI=1S/C19H30N4O3/c1-3-10-20-19(21-11-6-17-5-4-14-26-17)22-16-7-12-23(13-8-16)18(24)9-15-25-2/h3-5,14,16H,1,6-13,15H2,2H3,(H2,20,21,22). The molecule has 2 rings (SSSR count). The number of nitrogens with zero attached hydrogens (tertiary/aromatic N) is 2. The third kappa shape index (κ3) is 6.92. The number of guanidine groups is 1. The van der Waals surface area contributed by atoms with Gasteiger partial charge in [-0.05, 0) is 25.0 Å². The van der Waals surface area contributed by atoms with Gasteiger partial charge in [-0.3, -0.25) is 9.79 Å². The zero-order chi connectivity index (χ0) is 18.6. The van der Waals surface area contributed by atoms with Gasteiger partial charge >= 0.3 is 0 Å². The van der Waals surface area contributed by atoms with E-state index in [1.54, 1.807) is 19.4 Å². The van der Waals surface area contributed by atoms with Crippen molar-refractivity contribution in [3.05, 3.63) is 36.8 Å². The number of furan rings is 1. The number of hydrogen-bond donors (Lipinski definition) is 2. The van der Waals surface area contributed by atoms with Crippen molar-refractivity contribution in [2.24, 2.45) is 4.99 Å². The van der Waals surface area contributed by atoms with Crippen LogP contribution in [0.4, 0.5) is 0 Å². The molecule has 1 aliphatic rings. The van der Waals surface area contributed by atoms with Crippen LogP contribution in [-0.4, -0.2) is 62.7 Å². The Kier molecular flexibility index (Phi) is 8.75. The zero-order valence-corrected chi connectivity index (χ0v) is 15.6. The minimum Gasteiger partial charge on any atom is -0.469 e. The number of amides is 1. The molecular weight excluding hydrogens is 332 g/mol. The normalized spacial score (nSPS) is 15.7. The van der Waals surface area contributed by atoms with E-state index in [1.165, 1.54) is 0 Å². The molecule has 26 heavy (non-hydrogen) atoms. The molecule has 0 aromatic carbocycles. The maximum absolute atomic E-state index is 12.1. The highest BCUT2D eigenvalue weighted by Crippen LogP contribution is 2.11. The summed E-state index contributed by atoms with van der Waals surface area (Å²) >= 11 is 0. The summed E-state index contributed by atoms with van der Waals surface area (Å²) in [5, 5.41) is 6.72. The second kappa shape index (κ2) is 11.4. The van der Waals surface area contributed by atoms with Crippen LogP contribution in [0.15, 0.2) is 40.5 Å². The average Bonchev–Trinajstić information content (AvgIpc) is 3.18. The van der Waals surface area contributed by atoms with Crippen LogP contribution in [0.25, 0.3) is 0 Å². The van der Waals surface area contributed by atoms with Gasteiger partial charge < -0.3 is 24.7 Å². The van der Waals surface area contributed by atoms with E-state index >= 15 is 0 Å². The molecule has 1 fully saturated rings. The minimum absolute atomic E-state index is 0.169. The number of methoxy groups -OCH3 is 1. The van der Waals surface area contributed by atoms with Crippen LogP contribution >= 0.6 is 0 Å². The van der Waals surface area contributed by atoms with E-state index in [1.807, 2.05) is 17.0 Å². The van der Waals surface area contributed by atoms with Crippen LogP contribution in [-0.2, 0) is 16.0 Å². The third-order valence-corrected chi connectivity index (χ3v) is 4.33. The first-order valence-corrected chi connectivity index (χ1v) is 9.17. The maximum Gasteiger partial charge on any atom is 0.224 e. The van der Waals surface area contributed by atoms with Gasteiger partial charge in [-0.25, -0.2) is 0 Å². The average molecular weight is 362 g/mol. The third-order valence-electron chi connectivity index (χ3n) is 4.33. The second-order valence-corrected chi connectivity index (χ2v) is 6.27. The second-order valence-electron chi connectivity index (χ2n) is 6.27. The van der Waals surface area contributed by atoms with E-state index in [9.17, 15) is 4.79 Å². The van der Waals surface area contributed by atoms with Crippen molar-refractivity contribution >= 4 is 11.9 Å². The Morgan fingerprint density at radius 2 is 2.31 bits per heavy atom. The Labute approximate surface area is 155 Å². The van der Waals surface area contributed by atoms with E-state index in [-0.39, 0.29) is 5.91 Å². The van der Waals surface area contributed by atoms with Crippen molar-refractivity contribution in [2.75, 3.05) is 39.9 Å². The smallest absolute Gasteiger partial charge is 0.224 e. The van der Waals surface area contributed by atoms with Crippen LogP contribution < -0.4 is 10.6 Å². The van der Waals surface area contributed by atoms with Gasteiger partial charge in [0.25, 0.3) is 0 Å². The van der Waals surface area contributed by atoms with Crippen LogP contribution in [0, 0.1) is 0 Å². The number of ether oxygens (including phenoxy) is 1. The van der Waals surface area contributed by atoms with Gasteiger partial charge in [0.05, 0.1) is 19.3 Å². The summed E-state index contributed by atoms with van der Waals surface area (Å²) < 4.78 is 10.3. The minimum atomic E-state index is 0.169. The monoisotopic (exact) mass is 362 g/mol. The molecule has 0 spiro atoms. The Morgan fingerprint density at radius 1 is 1.50 bits per heavy atom. The number of hydrogen-bond acceptors (Lipinski definition) is 4. The summed E-state index contributed by atoms with van der Waals surface area (Å²) in [4.78, 5) is 18.6. The quantitative estimate of drug-likeness (QED) is 0.396. The molecule has 1 amide bonds. The van der Waals surface area contributed by atoms with Crippen molar-refractivity contribution in [1.29, 1.82) is 0 Å². The molecule has 0 radical (unpaired) electrons. The lowest BCUT2D eigenvalue weighted by Gasteiger charge is -2.33. The van der Waals surface area contributed by atoms with E-state index in [2.05, 4.69) is 22.2 Å². The molecule has 0 bridgehead atoms. The molecule has 2 heterocycles. The number of likely N-dealkylation sites (tertiary alicyclic amines) is 1. The lowest BCUT2D eigenvalue weighted by molar-refractivity contribution is -0.133. The molecule has 0 aliphatic carbocycles. The Hall–Kier alpha value is -2.28. The van der Waals surface area contributed by atoms with E-state index < -0.39 is 0 Å². The van der Waals surface area contributed by atoms with Crippen LogP contribution in [0.3, 0.4) is 0 Å². The lowest BCUT2D eigenvalue weighted by Crippen LogP contribution is -2.50. The number of rotatable bonds is 9. The van der Waals surface area contributed by atoms with E-state index in [4.69, 9.17) is 9.15 Å². The van der Waals surface area contributed by atoms with Gasteiger partial charge in [0.15, 0.2) is 5.96 Å². The molecule has 144 valence electrons. The molecule has 0 unspecified atom stereocenters. The predicted molar refractivity (Wildman–Crippen MR) is 102 cm³/mol. The number of aliphatic imine (C=N–C) groups is 1. The molecule has 1 aromatic heterocycles. The van der Waals surface area contributed by atoms with Crippen LogP contribution in [0.2, 0.25) is 0 Å². The molecule has 0 atom stereocenters. The Bertz CT molecular complexity index is 563. The largest absolute Gasteiger partial charge is 0.469 e.